The molecular weight excluding hydrogens is 202 g/mol. The first-order chi connectivity index (χ1) is 7.35. The molecule has 0 aliphatic carbocycles. The lowest BCUT2D eigenvalue weighted by molar-refractivity contribution is 0.592. The minimum atomic E-state index is 0.424. The Balaban J connectivity index is 2.08. The Morgan fingerprint density at radius 1 is 1.60 bits per heavy atom. The zero-order chi connectivity index (χ0) is 10.7. The van der Waals surface area contributed by atoms with Gasteiger partial charge in [0.1, 0.15) is 0 Å². The number of hydrogen-bond acceptors (Lipinski definition) is 2. The van der Waals surface area contributed by atoms with Crippen LogP contribution >= 0.6 is 11.8 Å². The molecule has 0 saturated carbocycles. The summed E-state index contributed by atoms with van der Waals surface area (Å²) in [6.45, 7) is 7.06. The Kier molecular flexibility index (Phi) is 3.49. The predicted molar refractivity (Wildman–Crippen MR) is 67.5 cm³/mol. The van der Waals surface area contributed by atoms with Gasteiger partial charge in [0, 0.05) is 16.2 Å². The van der Waals surface area contributed by atoms with Gasteiger partial charge in [-0.05, 0) is 24.6 Å². The normalized spacial score (nSPS) is 21.0. The number of benzene rings is 1. The standard InChI is InChI=1S/C13H17NS/c1-3-11(14-4-2)13-9-10-7-5-6-8-12(10)15-13/h3,5-8,11,13-14H,1,4,9H2,2H3. The third-order valence-electron chi connectivity index (χ3n) is 2.77. The van der Waals surface area contributed by atoms with Crippen molar-refractivity contribution >= 4 is 11.8 Å². The maximum atomic E-state index is 3.91. The van der Waals surface area contributed by atoms with Gasteiger partial charge in [-0.3, -0.25) is 0 Å². The number of likely N-dealkylation sites (N-methyl/N-ethyl adjacent to an activating group) is 1. The minimum absolute atomic E-state index is 0.424. The Hall–Kier alpha value is -0.730. The molecule has 1 aromatic rings. The van der Waals surface area contributed by atoms with Gasteiger partial charge < -0.3 is 5.32 Å². The summed E-state index contributed by atoms with van der Waals surface area (Å²) in [7, 11) is 0. The van der Waals surface area contributed by atoms with Crippen LogP contribution in [0.4, 0.5) is 0 Å². The highest BCUT2D eigenvalue weighted by molar-refractivity contribution is 8.00. The van der Waals surface area contributed by atoms with E-state index in [-0.39, 0.29) is 0 Å². The fraction of sp³-hybridized carbons (Fsp3) is 0.385. The van der Waals surface area contributed by atoms with E-state index in [1.54, 1.807) is 0 Å². The number of nitrogens with one attached hydrogen (secondary N) is 1. The lowest BCUT2D eigenvalue weighted by atomic mass is 10.1. The van der Waals surface area contributed by atoms with E-state index in [9.17, 15) is 0 Å². The van der Waals surface area contributed by atoms with E-state index >= 15 is 0 Å². The van der Waals surface area contributed by atoms with Crippen molar-refractivity contribution in [2.75, 3.05) is 6.54 Å². The van der Waals surface area contributed by atoms with Gasteiger partial charge in [-0.2, -0.15) is 0 Å². The molecule has 0 fully saturated rings. The second-order valence-electron chi connectivity index (χ2n) is 3.79. The summed E-state index contributed by atoms with van der Waals surface area (Å²) in [5.41, 5.74) is 1.48. The largest absolute Gasteiger partial charge is 0.310 e. The summed E-state index contributed by atoms with van der Waals surface area (Å²) >= 11 is 1.98. The predicted octanol–water partition coefficient (Wildman–Crippen LogP) is 2.87. The van der Waals surface area contributed by atoms with Crippen molar-refractivity contribution in [3.8, 4) is 0 Å². The van der Waals surface area contributed by atoms with E-state index in [0.717, 1.165) is 13.0 Å². The first kappa shape index (κ1) is 10.8. The van der Waals surface area contributed by atoms with Gasteiger partial charge in [0.25, 0.3) is 0 Å². The highest BCUT2D eigenvalue weighted by Crippen LogP contribution is 2.38. The zero-order valence-electron chi connectivity index (χ0n) is 9.07. The van der Waals surface area contributed by atoms with Crippen molar-refractivity contribution in [2.24, 2.45) is 0 Å². The molecule has 1 heterocycles. The Bertz CT molecular complexity index is 323. The van der Waals surface area contributed by atoms with E-state index in [1.165, 1.54) is 10.5 Å². The second-order valence-corrected chi connectivity index (χ2v) is 5.07. The smallest absolute Gasteiger partial charge is 0.0373 e. The molecule has 1 aliphatic rings. The van der Waals surface area contributed by atoms with Crippen LogP contribution in [0, 0.1) is 0 Å². The minimum Gasteiger partial charge on any atom is -0.310 e. The molecule has 80 valence electrons. The lowest BCUT2D eigenvalue weighted by Crippen LogP contribution is -2.36. The Morgan fingerprint density at radius 2 is 2.40 bits per heavy atom. The van der Waals surface area contributed by atoms with Gasteiger partial charge in [-0.1, -0.05) is 31.2 Å². The molecule has 0 spiro atoms. The summed E-state index contributed by atoms with van der Waals surface area (Å²) in [6.07, 6.45) is 3.19. The third kappa shape index (κ3) is 2.27. The van der Waals surface area contributed by atoms with E-state index in [2.05, 4.69) is 43.1 Å². The Morgan fingerprint density at radius 3 is 3.07 bits per heavy atom. The molecule has 2 rings (SSSR count). The molecule has 1 aliphatic heterocycles. The number of hydrogen-bond donors (Lipinski definition) is 1. The van der Waals surface area contributed by atoms with Crippen molar-refractivity contribution in [3.05, 3.63) is 42.5 Å². The fourth-order valence-corrected chi connectivity index (χ4v) is 3.41. The van der Waals surface area contributed by atoms with Crippen molar-refractivity contribution in [1.82, 2.24) is 5.32 Å². The van der Waals surface area contributed by atoms with Gasteiger partial charge in [0.2, 0.25) is 0 Å². The molecule has 0 amide bonds. The maximum absolute atomic E-state index is 3.91. The summed E-state index contributed by atoms with van der Waals surface area (Å²) in [4.78, 5) is 1.44. The second kappa shape index (κ2) is 4.86. The molecule has 0 aromatic heterocycles. The first-order valence-electron chi connectivity index (χ1n) is 5.45. The Labute approximate surface area is 96.0 Å². The van der Waals surface area contributed by atoms with Crippen LogP contribution < -0.4 is 5.32 Å². The molecule has 1 N–H and O–H groups in total. The van der Waals surface area contributed by atoms with Crippen LogP contribution in [0.25, 0.3) is 0 Å². The molecule has 1 aromatic carbocycles. The summed E-state index contributed by atoms with van der Waals surface area (Å²) in [6, 6.07) is 9.11. The summed E-state index contributed by atoms with van der Waals surface area (Å²) < 4.78 is 0. The summed E-state index contributed by atoms with van der Waals surface area (Å²) in [5.74, 6) is 0. The van der Waals surface area contributed by atoms with Crippen LogP contribution in [-0.2, 0) is 6.42 Å². The average molecular weight is 219 g/mol. The first-order valence-corrected chi connectivity index (χ1v) is 6.33. The van der Waals surface area contributed by atoms with Crippen LogP contribution in [0.5, 0.6) is 0 Å². The molecule has 0 radical (unpaired) electrons. The van der Waals surface area contributed by atoms with Crippen molar-refractivity contribution in [3.63, 3.8) is 0 Å². The van der Waals surface area contributed by atoms with Crippen LogP contribution in [0.2, 0.25) is 0 Å². The molecule has 0 saturated heterocycles. The highest BCUT2D eigenvalue weighted by atomic mass is 32.2. The molecule has 2 unspecified atom stereocenters. The molecule has 2 atom stereocenters. The monoisotopic (exact) mass is 219 g/mol. The van der Waals surface area contributed by atoms with Crippen molar-refractivity contribution < 1.29 is 0 Å². The molecule has 15 heavy (non-hydrogen) atoms. The van der Waals surface area contributed by atoms with E-state index in [4.69, 9.17) is 0 Å². The van der Waals surface area contributed by atoms with Gasteiger partial charge in [-0.25, -0.2) is 0 Å². The summed E-state index contributed by atoms with van der Waals surface area (Å²) in [5, 5.41) is 4.08. The quantitative estimate of drug-likeness (QED) is 0.782. The van der Waals surface area contributed by atoms with Crippen LogP contribution in [0.3, 0.4) is 0 Å². The van der Waals surface area contributed by atoms with Crippen molar-refractivity contribution in [1.29, 1.82) is 0 Å². The van der Waals surface area contributed by atoms with E-state index in [0.29, 0.717) is 11.3 Å². The maximum Gasteiger partial charge on any atom is 0.0373 e. The van der Waals surface area contributed by atoms with Crippen LogP contribution in [0.1, 0.15) is 12.5 Å². The molecule has 2 heteroatoms. The number of fused-ring (bicyclic) bond motifs is 1. The van der Waals surface area contributed by atoms with E-state index in [1.807, 2.05) is 17.8 Å². The van der Waals surface area contributed by atoms with Gasteiger partial charge in [0.15, 0.2) is 0 Å². The molecule has 0 bridgehead atoms. The SMILES string of the molecule is C=CC(NCC)C1Cc2ccccc2S1. The van der Waals surface area contributed by atoms with Gasteiger partial charge in [-0.15, -0.1) is 18.3 Å². The van der Waals surface area contributed by atoms with Crippen molar-refractivity contribution in [2.45, 2.75) is 29.5 Å². The number of thioether (sulfide) groups is 1. The average Bonchev–Trinajstić information content (AvgIpc) is 2.69. The fourth-order valence-electron chi connectivity index (χ4n) is 2.01. The topological polar surface area (TPSA) is 12.0 Å². The van der Waals surface area contributed by atoms with Gasteiger partial charge >= 0.3 is 0 Å². The molecular formula is C13H17NS. The van der Waals surface area contributed by atoms with Gasteiger partial charge in [0.05, 0.1) is 0 Å². The number of rotatable bonds is 4. The van der Waals surface area contributed by atoms with Crippen LogP contribution in [-0.4, -0.2) is 17.8 Å². The third-order valence-corrected chi connectivity index (χ3v) is 4.18. The molecule has 1 nitrogen and oxygen atoms in total. The highest BCUT2D eigenvalue weighted by Gasteiger charge is 2.26. The van der Waals surface area contributed by atoms with Crippen LogP contribution in [0.15, 0.2) is 41.8 Å². The lowest BCUT2D eigenvalue weighted by Gasteiger charge is -2.19. The van der Waals surface area contributed by atoms with E-state index < -0.39 is 0 Å². The zero-order valence-corrected chi connectivity index (χ0v) is 9.89.